The van der Waals surface area contributed by atoms with Crippen LogP contribution in [0.3, 0.4) is 0 Å². The molecule has 102 valence electrons. The molecule has 1 saturated carbocycles. The normalized spacial score (nSPS) is 17.4. The zero-order valence-electron chi connectivity index (χ0n) is 11.6. The lowest BCUT2D eigenvalue weighted by molar-refractivity contribution is 0.348. The third kappa shape index (κ3) is 2.59. The van der Waals surface area contributed by atoms with E-state index in [4.69, 9.17) is 0 Å². The van der Waals surface area contributed by atoms with Crippen LogP contribution < -0.4 is 5.32 Å². The van der Waals surface area contributed by atoms with Gasteiger partial charge in [0, 0.05) is 12.2 Å². The molecule has 1 fully saturated rings. The van der Waals surface area contributed by atoms with Gasteiger partial charge in [-0.3, -0.25) is 10.00 Å². The molecule has 0 radical (unpaired) electrons. The fourth-order valence-electron chi connectivity index (χ4n) is 2.45. The second kappa shape index (κ2) is 5.10. The Morgan fingerprint density at radius 1 is 1.40 bits per heavy atom. The van der Waals surface area contributed by atoms with Crippen molar-refractivity contribution in [1.29, 1.82) is 5.26 Å². The van der Waals surface area contributed by atoms with E-state index in [1.54, 1.807) is 0 Å². The second-order valence-corrected chi connectivity index (χ2v) is 5.52. The van der Waals surface area contributed by atoms with E-state index in [0.717, 1.165) is 24.0 Å². The molecular weight excluding hydrogens is 248 g/mol. The van der Waals surface area contributed by atoms with Crippen molar-refractivity contribution in [1.82, 2.24) is 15.1 Å². The SMILES string of the molecule is Cc1cnn(CC(C#N)(NC2CC2)c2ccccc2)c1. The summed E-state index contributed by atoms with van der Waals surface area (Å²) in [7, 11) is 0. The van der Waals surface area contributed by atoms with Crippen molar-refractivity contribution in [3.05, 3.63) is 53.9 Å². The van der Waals surface area contributed by atoms with Gasteiger partial charge in [-0.1, -0.05) is 30.3 Å². The molecule has 2 aromatic rings. The van der Waals surface area contributed by atoms with Crippen molar-refractivity contribution >= 4 is 0 Å². The van der Waals surface area contributed by atoms with Crippen LogP contribution in [0.4, 0.5) is 0 Å². The van der Waals surface area contributed by atoms with E-state index in [0.29, 0.717) is 12.6 Å². The first kappa shape index (κ1) is 12.9. The van der Waals surface area contributed by atoms with Crippen molar-refractivity contribution < 1.29 is 0 Å². The monoisotopic (exact) mass is 266 g/mol. The third-order valence-corrected chi connectivity index (χ3v) is 3.65. The van der Waals surface area contributed by atoms with Crippen LogP contribution in [-0.2, 0) is 12.1 Å². The molecule has 1 heterocycles. The van der Waals surface area contributed by atoms with Gasteiger partial charge < -0.3 is 0 Å². The Balaban J connectivity index is 1.95. The van der Waals surface area contributed by atoms with E-state index in [-0.39, 0.29) is 0 Å². The fourth-order valence-corrected chi connectivity index (χ4v) is 2.45. The maximum Gasteiger partial charge on any atom is 0.152 e. The highest BCUT2D eigenvalue weighted by molar-refractivity contribution is 5.32. The molecule has 0 saturated heterocycles. The molecule has 0 bridgehead atoms. The van der Waals surface area contributed by atoms with E-state index in [1.807, 2.05) is 54.3 Å². The summed E-state index contributed by atoms with van der Waals surface area (Å²) in [6.45, 7) is 2.53. The van der Waals surface area contributed by atoms with Crippen LogP contribution in [0.5, 0.6) is 0 Å². The van der Waals surface area contributed by atoms with E-state index >= 15 is 0 Å². The standard InChI is InChI=1S/C16H18N4/c1-13-9-18-20(10-13)12-16(11-17,19-15-7-8-15)14-5-3-2-4-6-14/h2-6,9-10,15,19H,7-8,12H2,1H3. The number of benzene rings is 1. The average Bonchev–Trinajstić information content (AvgIpc) is 3.20. The molecule has 1 unspecified atom stereocenters. The van der Waals surface area contributed by atoms with E-state index < -0.39 is 5.54 Å². The van der Waals surface area contributed by atoms with Crippen molar-refractivity contribution in [2.75, 3.05) is 0 Å². The van der Waals surface area contributed by atoms with Gasteiger partial charge in [0.2, 0.25) is 0 Å². The Hall–Kier alpha value is -2.12. The lowest BCUT2D eigenvalue weighted by Gasteiger charge is -2.28. The Morgan fingerprint density at radius 2 is 2.15 bits per heavy atom. The van der Waals surface area contributed by atoms with Crippen molar-refractivity contribution in [2.45, 2.75) is 37.9 Å². The van der Waals surface area contributed by atoms with Crippen LogP contribution in [0.15, 0.2) is 42.7 Å². The lowest BCUT2D eigenvalue weighted by atomic mass is 9.91. The highest BCUT2D eigenvalue weighted by Gasteiger charge is 2.38. The van der Waals surface area contributed by atoms with E-state index in [1.165, 1.54) is 0 Å². The lowest BCUT2D eigenvalue weighted by Crippen LogP contribution is -2.46. The smallest absolute Gasteiger partial charge is 0.152 e. The number of nitrogens with zero attached hydrogens (tertiary/aromatic N) is 3. The Labute approximate surface area is 119 Å². The van der Waals surface area contributed by atoms with Gasteiger partial charge in [0.25, 0.3) is 0 Å². The zero-order valence-corrected chi connectivity index (χ0v) is 11.6. The Morgan fingerprint density at radius 3 is 2.70 bits per heavy atom. The number of aryl methyl sites for hydroxylation is 1. The molecular formula is C16H18N4. The molecule has 4 nitrogen and oxygen atoms in total. The highest BCUT2D eigenvalue weighted by Crippen LogP contribution is 2.29. The largest absolute Gasteiger partial charge is 0.291 e. The average molecular weight is 266 g/mol. The van der Waals surface area contributed by atoms with Gasteiger partial charge in [-0.15, -0.1) is 0 Å². The number of rotatable bonds is 5. The molecule has 1 aliphatic rings. The molecule has 0 amide bonds. The number of aromatic nitrogens is 2. The minimum atomic E-state index is -0.707. The number of nitriles is 1. The molecule has 1 aromatic heterocycles. The van der Waals surface area contributed by atoms with Crippen LogP contribution in [0.2, 0.25) is 0 Å². The van der Waals surface area contributed by atoms with Gasteiger partial charge in [0.1, 0.15) is 0 Å². The summed E-state index contributed by atoms with van der Waals surface area (Å²) in [5.41, 5.74) is 1.40. The van der Waals surface area contributed by atoms with Crippen LogP contribution >= 0.6 is 0 Å². The molecule has 1 N–H and O–H groups in total. The summed E-state index contributed by atoms with van der Waals surface area (Å²) >= 11 is 0. The van der Waals surface area contributed by atoms with Crippen LogP contribution in [0, 0.1) is 18.3 Å². The van der Waals surface area contributed by atoms with Crippen LogP contribution in [0.1, 0.15) is 24.0 Å². The van der Waals surface area contributed by atoms with Gasteiger partial charge in [-0.25, -0.2) is 0 Å². The summed E-state index contributed by atoms with van der Waals surface area (Å²) in [5, 5.41) is 17.7. The zero-order chi connectivity index (χ0) is 14.0. The number of nitrogens with one attached hydrogen (secondary N) is 1. The number of hydrogen-bond acceptors (Lipinski definition) is 3. The minimum absolute atomic E-state index is 0.450. The molecule has 4 heteroatoms. The highest BCUT2D eigenvalue weighted by atomic mass is 15.3. The van der Waals surface area contributed by atoms with Gasteiger partial charge in [0.05, 0.1) is 18.8 Å². The first-order chi connectivity index (χ1) is 9.72. The summed E-state index contributed by atoms with van der Waals surface area (Å²) in [4.78, 5) is 0. The molecule has 0 spiro atoms. The maximum atomic E-state index is 9.82. The molecule has 1 aliphatic carbocycles. The Kier molecular flexibility index (Phi) is 3.29. The third-order valence-electron chi connectivity index (χ3n) is 3.65. The molecule has 1 atom stereocenters. The van der Waals surface area contributed by atoms with Gasteiger partial charge >= 0.3 is 0 Å². The summed E-state index contributed by atoms with van der Waals surface area (Å²) in [5.74, 6) is 0. The first-order valence-electron chi connectivity index (χ1n) is 6.95. The molecule has 20 heavy (non-hydrogen) atoms. The van der Waals surface area contributed by atoms with Gasteiger partial charge in [0.15, 0.2) is 5.54 Å². The minimum Gasteiger partial charge on any atom is -0.291 e. The van der Waals surface area contributed by atoms with E-state index in [9.17, 15) is 5.26 Å². The summed E-state index contributed by atoms with van der Waals surface area (Å²) < 4.78 is 1.85. The molecule has 0 aliphatic heterocycles. The predicted molar refractivity (Wildman–Crippen MR) is 76.9 cm³/mol. The van der Waals surface area contributed by atoms with Crippen LogP contribution in [-0.4, -0.2) is 15.8 Å². The van der Waals surface area contributed by atoms with Crippen molar-refractivity contribution in [3.63, 3.8) is 0 Å². The van der Waals surface area contributed by atoms with E-state index in [2.05, 4.69) is 16.5 Å². The van der Waals surface area contributed by atoms with Gasteiger partial charge in [-0.05, 0) is 30.9 Å². The van der Waals surface area contributed by atoms with Crippen molar-refractivity contribution in [3.8, 4) is 6.07 Å². The Bertz CT molecular complexity index is 621. The first-order valence-corrected chi connectivity index (χ1v) is 6.95. The van der Waals surface area contributed by atoms with Crippen LogP contribution in [0.25, 0.3) is 0 Å². The topological polar surface area (TPSA) is 53.6 Å². The number of hydrogen-bond donors (Lipinski definition) is 1. The van der Waals surface area contributed by atoms with Crippen molar-refractivity contribution in [2.24, 2.45) is 0 Å². The van der Waals surface area contributed by atoms with Gasteiger partial charge in [-0.2, -0.15) is 10.4 Å². The quantitative estimate of drug-likeness (QED) is 0.904. The molecule has 3 rings (SSSR count). The maximum absolute atomic E-state index is 9.82. The molecule has 1 aromatic carbocycles. The second-order valence-electron chi connectivity index (χ2n) is 5.52. The summed E-state index contributed by atoms with van der Waals surface area (Å²) in [6, 6.07) is 12.9. The predicted octanol–water partition coefficient (Wildman–Crippen LogP) is 2.36. The fraction of sp³-hybridized carbons (Fsp3) is 0.375. The summed E-state index contributed by atoms with van der Waals surface area (Å²) in [6.07, 6.45) is 6.09.